The predicted molar refractivity (Wildman–Crippen MR) is 106 cm³/mol. The van der Waals surface area contributed by atoms with E-state index in [1.54, 1.807) is 47.2 Å². The maximum atomic E-state index is 12.7. The molecule has 0 unspecified atom stereocenters. The molecule has 0 aliphatic carbocycles. The van der Waals surface area contributed by atoms with Crippen molar-refractivity contribution in [2.24, 2.45) is 0 Å². The summed E-state index contributed by atoms with van der Waals surface area (Å²) in [7, 11) is -3.34. The molecule has 0 bridgehead atoms. The maximum absolute atomic E-state index is 12.7. The number of pyridine rings is 1. The molecule has 6 nitrogen and oxygen atoms in total. The van der Waals surface area contributed by atoms with E-state index in [-0.39, 0.29) is 10.5 Å². The van der Waals surface area contributed by atoms with Gasteiger partial charge in [-0.1, -0.05) is 30.3 Å². The molecule has 2 heterocycles. The molecular formula is C20H18N3O3S. The Kier molecular flexibility index (Phi) is 4.24. The van der Waals surface area contributed by atoms with Gasteiger partial charge in [0.15, 0.2) is 9.84 Å². The van der Waals surface area contributed by atoms with Crippen LogP contribution in [0.1, 0.15) is 0 Å². The van der Waals surface area contributed by atoms with E-state index in [4.69, 9.17) is 0 Å². The maximum Gasteiger partial charge on any atom is 0.282 e. The number of rotatable bonds is 3. The average molecular weight is 380 g/mol. The normalized spacial score (nSPS) is 13.4. The zero-order chi connectivity index (χ0) is 19.0. The smallest absolute Gasteiger partial charge is 0.282 e. The van der Waals surface area contributed by atoms with E-state index in [0.29, 0.717) is 23.5 Å². The number of aromatic nitrogens is 1. The van der Waals surface area contributed by atoms with Gasteiger partial charge in [-0.3, -0.25) is 14.7 Å². The van der Waals surface area contributed by atoms with Crippen molar-refractivity contribution in [2.45, 2.75) is 4.90 Å². The first-order chi connectivity index (χ1) is 12.9. The molecule has 2 aromatic carbocycles. The van der Waals surface area contributed by atoms with Gasteiger partial charge in [0.2, 0.25) is 0 Å². The molecule has 0 saturated heterocycles. The van der Waals surface area contributed by atoms with Gasteiger partial charge in [-0.05, 0) is 29.8 Å². The summed E-state index contributed by atoms with van der Waals surface area (Å²) in [6.07, 6.45) is 2.92. The van der Waals surface area contributed by atoms with Crippen molar-refractivity contribution in [3.63, 3.8) is 0 Å². The Morgan fingerprint density at radius 1 is 1.04 bits per heavy atom. The van der Waals surface area contributed by atoms with Crippen LogP contribution in [-0.4, -0.2) is 32.3 Å². The molecule has 0 atom stereocenters. The van der Waals surface area contributed by atoms with Crippen LogP contribution in [0.2, 0.25) is 0 Å². The number of hydrogen-bond acceptors (Lipinski definition) is 4. The fraction of sp³-hybridized carbons (Fsp3) is 0.150. The second-order valence-corrected chi connectivity index (χ2v) is 8.36. The number of nitrogens with zero attached hydrogens (tertiary/aromatic N) is 2. The van der Waals surface area contributed by atoms with Crippen LogP contribution in [0.4, 0.5) is 11.4 Å². The van der Waals surface area contributed by atoms with Crippen LogP contribution in [0.3, 0.4) is 0 Å². The van der Waals surface area contributed by atoms with Crippen molar-refractivity contribution in [1.82, 2.24) is 9.88 Å². The zero-order valence-electron chi connectivity index (χ0n) is 14.7. The van der Waals surface area contributed by atoms with Gasteiger partial charge in [0, 0.05) is 30.2 Å². The molecule has 0 spiro atoms. The van der Waals surface area contributed by atoms with E-state index in [1.165, 1.54) is 6.26 Å². The quantitative estimate of drug-likeness (QED) is 0.757. The first-order valence-corrected chi connectivity index (χ1v) is 10.4. The Bertz CT molecular complexity index is 1170. The second kappa shape index (κ2) is 6.59. The molecule has 3 aromatic rings. The Labute approximate surface area is 157 Å². The SMILES string of the molecule is CS(=O)(=O)c1ccccc1-c1ccc(-n2ccc3c(c2=O)[N]CCN3)cc1. The average Bonchev–Trinajstić information content (AvgIpc) is 2.68. The van der Waals surface area contributed by atoms with Crippen molar-refractivity contribution in [3.8, 4) is 16.8 Å². The zero-order valence-corrected chi connectivity index (χ0v) is 15.5. The third-order valence-corrected chi connectivity index (χ3v) is 5.66. The third kappa shape index (κ3) is 3.21. The van der Waals surface area contributed by atoms with E-state index < -0.39 is 9.84 Å². The summed E-state index contributed by atoms with van der Waals surface area (Å²) in [5.74, 6) is 0. The fourth-order valence-corrected chi connectivity index (χ4v) is 4.12. The topological polar surface area (TPSA) is 82.3 Å². The lowest BCUT2D eigenvalue weighted by atomic mass is 10.1. The molecule has 1 aliphatic heterocycles. The minimum absolute atomic E-state index is 0.177. The van der Waals surface area contributed by atoms with Crippen molar-refractivity contribution in [1.29, 1.82) is 0 Å². The van der Waals surface area contributed by atoms with Crippen molar-refractivity contribution < 1.29 is 8.42 Å². The van der Waals surface area contributed by atoms with Crippen LogP contribution in [0, 0.1) is 0 Å². The first kappa shape index (κ1) is 17.4. The first-order valence-electron chi connectivity index (χ1n) is 8.52. The molecule has 137 valence electrons. The molecule has 1 radical (unpaired) electrons. The van der Waals surface area contributed by atoms with Crippen LogP contribution < -0.4 is 16.2 Å². The summed E-state index contributed by atoms with van der Waals surface area (Å²) in [4.78, 5) is 13.0. The highest BCUT2D eigenvalue weighted by atomic mass is 32.2. The molecule has 7 heteroatoms. The molecule has 0 fully saturated rings. The number of fused-ring (bicyclic) bond motifs is 1. The molecule has 4 rings (SSSR count). The van der Waals surface area contributed by atoms with Gasteiger partial charge in [0.1, 0.15) is 5.69 Å². The number of benzene rings is 2. The molecule has 0 saturated carbocycles. The lowest BCUT2D eigenvalue weighted by Crippen LogP contribution is -2.29. The van der Waals surface area contributed by atoms with E-state index in [2.05, 4.69) is 10.6 Å². The Hall–Kier alpha value is -3.06. The van der Waals surface area contributed by atoms with Gasteiger partial charge >= 0.3 is 0 Å². The van der Waals surface area contributed by atoms with Gasteiger partial charge in [-0.25, -0.2) is 8.42 Å². The van der Waals surface area contributed by atoms with Gasteiger partial charge in [0.25, 0.3) is 5.56 Å². The highest BCUT2D eigenvalue weighted by Gasteiger charge is 2.16. The van der Waals surface area contributed by atoms with Crippen LogP contribution >= 0.6 is 0 Å². The summed E-state index contributed by atoms with van der Waals surface area (Å²) in [5, 5.41) is 7.49. The van der Waals surface area contributed by atoms with Crippen molar-refractivity contribution in [3.05, 3.63) is 71.1 Å². The summed E-state index contributed by atoms with van der Waals surface area (Å²) >= 11 is 0. The van der Waals surface area contributed by atoms with Crippen LogP contribution in [0.15, 0.2) is 70.5 Å². The van der Waals surface area contributed by atoms with Gasteiger partial charge < -0.3 is 5.32 Å². The number of anilines is 1. The Morgan fingerprint density at radius 2 is 1.78 bits per heavy atom. The van der Waals surface area contributed by atoms with Crippen LogP contribution in [0.5, 0.6) is 0 Å². The number of hydrogen-bond donors (Lipinski definition) is 1. The molecule has 1 aliphatic rings. The van der Waals surface area contributed by atoms with Crippen molar-refractivity contribution >= 4 is 21.2 Å². The predicted octanol–water partition coefficient (Wildman–Crippen LogP) is 2.57. The lowest BCUT2D eigenvalue weighted by Gasteiger charge is -2.18. The monoisotopic (exact) mass is 380 g/mol. The summed E-state index contributed by atoms with van der Waals surface area (Å²) in [6.45, 7) is 1.30. The molecule has 27 heavy (non-hydrogen) atoms. The summed E-state index contributed by atoms with van der Waals surface area (Å²) < 4.78 is 25.6. The van der Waals surface area contributed by atoms with Gasteiger partial charge in [-0.15, -0.1) is 0 Å². The lowest BCUT2D eigenvalue weighted by molar-refractivity contribution is 0.602. The minimum atomic E-state index is -3.34. The van der Waals surface area contributed by atoms with Crippen LogP contribution in [0.25, 0.3) is 16.8 Å². The van der Waals surface area contributed by atoms with Crippen LogP contribution in [-0.2, 0) is 9.84 Å². The van der Waals surface area contributed by atoms with E-state index in [1.807, 2.05) is 18.2 Å². The highest BCUT2D eigenvalue weighted by Crippen LogP contribution is 2.28. The standard InChI is InChI=1S/C20H18N3O3S/c1-27(25,26)18-5-3-2-4-16(18)14-6-8-15(9-7-14)23-13-10-17-19(20(23)24)22-12-11-21-17/h2-10,13,21H,11-12H2,1H3. The summed E-state index contributed by atoms with van der Waals surface area (Å²) in [6, 6.07) is 16.0. The van der Waals surface area contributed by atoms with Gasteiger partial charge in [-0.2, -0.15) is 0 Å². The number of nitrogens with one attached hydrogen (secondary N) is 1. The van der Waals surface area contributed by atoms with E-state index >= 15 is 0 Å². The minimum Gasteiger partial charge on any atom is -0.381 e. The molecular weight excluding hydrogens is 362 g/mol. The summed E-state index contributed by atoms with van der Waals surface area (Å²) in [5.41, 5.74) is 3.13. The Morgan fingerprint density at radius 3 is 2.52 bits per heavy atom. The van der Waals surface area contributed by atoms with Gasteiger partial charge in [0.05, 0.1) is 17.1 Å². The molecule has 1 aromatic heterocycles. The molecule has 0 amide bonds. The number of sulfone groups is 1. The fourth-order valence-electron chi connectivity index (χ4n) is 3.21. The second-order valence-electron chi connectivity index (χ2n) is 6.38. The molecule has 1 N–H and O–H groups in total. The third-order valence-electron chi connectivity index (χ3n) is 4.51. The highest BCUT2D eigenvalue weighted by molar-refractivity contribution is 7.90. The van der Waals surface area contributed by atoms with E-state index in [9.17, 15) is 13.2 Å². The van der Waals surface area contributed by atoms with E-state index in [0.717, 1.165) is 17.8 Å². The largest absolute Gasteiger partial charge is 0.381 e. The van der Waals surface area contributed by atoms with Crippen molar-refractivity contribution in [2.75, 3.05) is 24.7 Å². The Balaban J connectivity index is 1.76.